The first-order valence-corrected chi connectivity index (χ1v) is 10.8. The summed E-state index contributed by atoms with van der Waals surface area (Å²) in [4.78, 5) is 19.3. The second-order valence-corrected chi connectivity index (χ2v) is 8.61. The molecule has 0 radical (unpaired) electrons. The summed E-state index contributed by atoms with van der Waals surface area (Å²) in [6.07, 6.45) is 5.00. The maximum Gasteiger partial charge on any atom is 0.236 e. The zero-order valence-electron chi connectivity index (χ0n) is 17.0. The Bertz CT molecular complexity index is 726. The molecule has 5 nitrogen and oxygen atoms in total. The van der Waals surface area contributed by atoms with E-state index < -0.39 is 5.82 Å². The number of amides is 1. The molecule has 1 aromatic carbocycles. The molecule has 1 unspecified atom stereocenters. The number of morpholine rings is 1. The molecule has 1 atom stereocenters. The van der Waals surface area contributed by atoms with Crippen molar-refractivity contribution in [2.75, 3.05) is 52.5 Å². The summed E-state index contributed by atoms with van der Waals surface area (Å²) in [5.41, 5.74) is 0.419. The Labute approximate surface area is 171 Å². The number of likely N-dealkylation sites (tertiary alicyclic amines) is 2. The quantitative estimate of drug-likeness (QED) is 0.769. The Kier molecular flexibility index (Phi) is 6.47. The molecule has 29 heavy (non-hydrogen) atoms. The van der Waals surface area contributed by atoms with Gasteiger partial charge >= 0.3 is 0 Å². The molecule has 3 heterocycles. The number of hydrogen-bond donors (Lipinski definition) is 0. The number of nitrogens with zero attached hydrogens (tertiary/aromatic N) is 3. The standard InChI is InChI=1S/C22H31F2N3O2/c23-19-3-4-20(24)18(15-19)16-27-9-2-6-22(27)5-1-8-26(10-7-22)21(28)17-25-11-13-29-14-12-25/h3-4,15H,1-2,5-14,16-17H2. The molecule has 0 aliphatic carbocycles. The molecule has 0 aromatic heterocycles. The van der Waals surface area contributed by atoms with Gasteiger partial charge in [-0.15, -0.1) is 0 Å². The zero-order valence-corrected chi connectivity index (χ0v) is 17.0. The van der Waals surface area contributed by atoms with E-state index in [1.165, 1.54) is 18.2 Å². The van der Waals surface area contributed by atoms with Crippen molar-refractivity contribution in [1.29, 1.82) is 0 Å². The third-order valence-electron chi connectivity index (χ3n) is 6.84. The van der Waals surface area contributed by atoms with Crippen molar-refractivity contribution in [2.24, 2.45) is 0 Å². The van der Waals surface area contributed by atoms with Crippen LogP contribution in [0.25, 0.3) is 0 Å². The summed E-state index contributed by atoms with van der Waals surface area (Å²) in [7, 11) is 0. The molecule has 0 bridgehead atoms. The average Bonchev–Trinajstić information content (AvgIpc) is 2.96. The van der Waals surface area contributed by atoms with Crippen LogP contribution in [0.15, 0.2) is 18.2 Å². The Morgan fingerprint density at radius 2 is 1.76 bits per heavy atom. The maximum atomic E-state index is 14.2. The second-order valence-electron chi connectivity index (χ2n) is 8.61. The van der Waals surface area contributed by atoms with Crippen LogP contribution in [0.5, 0.6) is 0 Å². The van der Waals surface area contributed by atoms with Crippen molar-refractivity contribution in [3.8, 4) is 0 Å². The van der Waals surface area contributed by atoms with Crippen LogP contribution < -0.4 is 0 Å². The van der Waals surface area contributed by atoms with Crippen molar-refractivity contribution in [3.05, 3.63) is 35.4 Å². The molecular weight excluding hydrogens is 376 g/mol. The lowest BCUT2D eigenvalue weighted by Gasteiger charge is -2.38. The number of carbonyl (C=O) groups excluding carboxylic acids is 1. The fraction of sp³-hybridized carbons (Fsp3) is 0.682. The number of carbonyl (C=O) groups is 1. The zero-order chi connectivity index (χ0) is 20.3. The largest absolute Gasteiger partial charge is 0.379 e. The van der Waals surface area contributed by atoms with E-state index >= 15 is 0 Å². The van der Waals surface area contributed by atoms with E-state index in [4.69, 9.17) is 4.74 Å². The van der Waals surface area contributed by atoms with Gasteiger partial charge in [-0.05, 0) is 56.8 Å². The van der Waals surface area contributed by atoms with Crippen LogP contribution in [-0.4, -0.2) is 78.6 Å². The van der Waals surface area contributed by atoms with Gasteiger partial charge in [-0.2, -0.15) is 0 Å². The third kappa shape index (κ3) is 4.78. The highest BCUT2D eigenvalue weighted by Gasteiger charge is 2.42. The van der Waals surface area contributed by atoms with Crippen LogP contribution in [0.4, 0.5) is 8.78 Å². The van der Waals surface area contributed by atoms with Crippen molar-refractivity contribution >= 4 is 5.91 Å². The predicted octanol–water partition coefficient (Wildman–Crippen LogP) is 2.64. The van der Waals surface area contributed by atoms with Gasteiger partial charge in [0.2, 0.25) is 5.91 Å². The summed E-state index contributed by atoms with van der Waals surface area (Å²) >= 11 is 0. The molecule has 3 fully saturated rings. The van der Waals surface area contributed by atoms with E-state index in [-0.39, 0.29) is 17.3 Å². The summed E-state index contributed by atoms with van der Waals surface area (Å²) < 4.78 is 33.2. The first kappa shape index (κ1) is 20.7. The van der Waals surface area contributed by atoms with Crippen LogP contribution in [0.2, 0.25) is 0 Å². The van der Waals surface area contributed by atoms with Crippen LogP contribution in [0.3, 0.4) is 0 Å². The van der Waals surface area contributed by atoms with Crippen molar-refractivity contribution < 1.29 is 18.3 Å². The monoisotopic (exact) mass is 407 g/mol. The van der Waals surface area contributed by atoms with Gasteiger partial charge in [0.25, 0.3) is 0 Å². The molecule has 1 spiro atoms. The van der Waals surface area contributed by atoms with Gasteiger partial charge in [0, 0.05) is 43.8 Å². The molecule has 1 aromatic rings. The Morgan fingerprint density at radius 1 is 1.00 bits per heavy atom. The fourth-order valence-electron chi connectivity index (χ4n) is 5.16. The first-order valence-electron chi connectivity index (χ1n) is 10.8. The second kappa shape index (κ2) is 9.06. The third-order valence-corrected chi connectivity index (χ3v) is 6.84. The molecule has 7 heteroatoms. The van der Waals surface area contributed by atoms with E-state index in [1.54, 1.807) is 0 Å². The predicted molar refractivity (Wildman–Crippen MR) is 106 cm³/mol. The van der Waals surface area contributed by atoms with Gasteiger partial charge in [0.1, 0.15) is 11.6 Å². The number of halogens is 2. The summed E-state index contributed by atoms with van der Waals surface area (Å²) in [5, 5.41) is 0. The highest BCUT2D eigenvalue weighted by molar-refractivity contribution is 5.78. The van der Waals surface area contributed by atoms with Crippen LogP contribution in [0, 0.1) is 11.6 Å². The van der Waals surface area contributed by atoms with E-state index in [1.807, 2.05) is 4.90 Å². The van der Waals surface area contributed by atoms with Gasteiger partial charge in [-0.25, -0.2) is 8.78 Å². The van der Waals surface area contributed by atoms with Crippen molar-refractivity contribution in [3.63, 3.8) is 0 Å². The Hall–Kier alpha value is -1.57. The van der Waals surface area contributed by atoms with Crippen LogP contribution >= 0.6 is 0 Å². The van der Waals surface area contributed by atoms with E-state index in [2.05, 4.69) is 9.80 Å². The fourth-order valence-corrected chi connectivity index (χ4v) is 5.16. The molecule has 3 aliphatic heterocycles. The molecule has 1 amide bonds. The minimum atomic E-state index is -0.393. The van der Waals surface area contributed by atoms with Gasteiger partial charge < -0.3 is 9.64 Å². The lowest BCUT2D eigenvalue weighted by Crippen LogP contribution is -2.46. The van der Waals surface area contributed by atoms with Gasteiger partial charge in [0.05, 0.1) is 19.8 Å². The maximum absolute atomic E-state index is 14.2. The number of benzene rings is 1. The molecule has 0 saturated carbocycles. The Morgan fingerprint density at radius 3 is 2.55 bits per heavy atom. The first-order chi connectivity index (χ1) is 14.1. The summed E-state index contributed by atoms with van der Waals surface area (Å²) in [5.74, 6) is -0.538. The molecule has 3 saturated heterocycles. The molecule has 4 rings (SSSR count). The SMILES string of the molecule is O=C(CN1CCOCC1)N1CCCC2(CCCN2Cc2cc(F)ccc2F)CC1. The van der Waals surface area contributed by atoms with Gasteiger partial charge in [-0.1, -0.05) is 0 Å². The highest BCUT2D eigenvalue weighted by Crippen LogP contribution is 2.39. The average molecular weight is 408 g/mol. The topological polar surface area (TPSA) is 36.0 Å². The lowest BCUT2D eigenvalue weighted by molar-refractivity contribution is -0.133. The number of rotatable bonds is 4. The Balaban J connectivity index is 1.39. The van der Waals surface area contributed by atoms with Gasteiger partial charge in [-0.3, -0.25) is 14.6 Å². The van der Waals surface area contributed by atoms with Crippen molar-refractivity contribution in [2.45, 2.75) is 44.2 Å². The summed E-state index contributed by atoms with van der Waals surface area (Å²) in [6, 6.07) is 3.70. The summed E-state index contributed by atoms with van der Waals surface area (Å²) in [6.45, 7) is 6.35. The van der Waals surface area contributed by atoms with Crippen molar-refractivity contribution in [1.82, 2.24) is 14.7 Å². The minimum Gasteiger partial charge on any atom is -0.379 e. The molecule has 160 valence electrons. The van der Waals surface area contributed by atoms with Crippen LogP contribution in [0.1, 0.15) is 37.7 Å². The lowest BCUT2D eigenvalue weighted by atomic mass is 9.87. The molecule has 0 N–H and O–H groups in total. The molecule has 3 aliphatic rings. The van der Waals surface area contributed by atoms with E-state index in [9.17, 15) is 13.6 Å². The van der Waals surface area contributed by atoms with E-state index in [0.717, 1.165) is 64.8 Å². The normalized spacial score (nSPS) is 26.8. The minimum absolute atomic E-state index is 0.00719. The highest BCUT2D eigenvalue weighted by atomic mass is 19.1. The number of ether oxygens (including phenoxy) is 1. The number of hydrogen-bond acceptors (Lipinski definition) is 4. The van der Waals surface area contributed by atoms with Crippen LogP contribution in [-0.2, 0) is 16.1 Å². The van der Waals surface area contributed by atoms with Gasteiger partial charge in [0.15, 0.2) is 0 Å². The smallest absolute Gasteiger partial charge is 0.236 e. The van der Waals surface area contributed by atoms with E-state index in [0.29, 0.717) is 31.9 Å². The molecular formula is C22H31F2N3O2.